The lowest BCUT2D eigenvalue weighted by Gasteiger charge is -2.25. The second-order valence-corrected chi connectivity index (χ2v) is 4.68. The summed E-state index contributed by atoms with van der Waals surface area (Å²) >= 11 is 0. The molecule has 0 aromatic heterocycles. The van der Waals surface area contributed by atoms with Crippen LogP contribution in [-0.4, -0.2) is 16.2 Å². The Kier molecular flexibility index (Phi) is 3.40. The SMILES string of the molecule is Cc1ccc(C(O)(C(=O)O)c2ccccc2)cc1C. The van der Waals surface area contributed by atoms with Gasteiger partial charge in [-0.15, -0.1) is 0 Å². The molecule has 0 fully saturated rings. The van der Waals surface area contributed by atoms with E-state index in [0.29, 0.717) is 11.1 Å². The van der Waals surface area contributed by atoms with Crippen molar-refractivity contribution < 1.29 is 15.0 Å². The van der Waals surface area contributed by atoms with Crippen LogP contribution in [0.15, 0.2) is 48.5 Å². The first-order valence-electron chi connectivity index (χ1n) is 6.05. The largest absolute Gasteiger partial charge is 0.479 e. The van der Waals surface area contributed by atoms with E-state index in [1.165, 1.54) is 0 Å². The van der Waals surface area contributed by atoms with Gasteiger partial charge in [0.25, 0.3) is 0 Å². The molecule has 0 aliphatic rings. The Balaban J connectivity index is 2.63. The minimum Gasteiger partial charge on any atom is -0.479 e. The van der Waals surface area contributed by atoms with Crippen LogP contribution in [0.2, 0.25) is 0 Å². The standard InChI is InChI=1S/C16H16O3/c1-11-8-9-14(10-12(11)2)16(19,15(17)18)13-6-4-3-5-7-13/h3-10,19H,1-2H3,(H,17,18). The average Bonchev–Trinajstić information content (AvgIpc) is 2.41. The lowest BCUT2D eigenvalue weighted by atomic mass is 9.85. The van der Waals surface area contributed by atoms with Crippen LogP contribution in [-0.2, 0) is 10.4 Å². The van der Waals surface area contributed by atoms with E-state index in [-0.39, 0.29) is 0 Å². The van der Waals surface area contributed by atoms with Crippen LogP contribution in [0.3, 0.4) is 0 Å². The van der Waals surface area contributed by atoms with Gasteiger partial charge in [0.2, 0.25) is 5.60 Å². The molecule has 3 nitrogen and oxygen atoms in total. The van der Waals surface area contributed by atoms with E-state index in [1.54, 1.807) is 42.5 Å². The van der Waals surface area contributed by atoms with Crippen LogP contribution in [0.4, 0.5) is 0 Å². The Hall–Kier alpha value is -2.13. The summed E-state index contributed by atoms with van der Waals surface area (Å²) in [5.74, 6) is -1.28. The van der Waals surface area contributed by atoms with Crippen LogP contribution in [0, 0.1) is 13.8 Å². The van der Waals surface area contributed by atoms with Crippen molar-refractivity contribution in [1.29, 1.82) is 0 Å². The van der Waals surface area contributed by atoms with Gasteiger partial charge in [0.15, 0.2) is 0 Å². The molecular formula is C16H16O3. The average molecular weight is 256 g/mol. The first-order valence-corrected chi connectivity index (χ1v) is 6.05. The van der Waals surface area contributed by atoms with Gasteiger partial charge in [-0.05, 0) is 36.1 Å². The Bertz CT molecular complexity index is 605. The van der Waals surface area contributed by atoms with Gasteiger partial charge in [-0.3, -0.25) is 0 Å². The summed E-state index contributed by atoms with van der Waals surface area (Å²) in [5, 5.41) is 20.1. The Morgan fingerprint density at radius 3 is 2.11 bits per heavy atom. The highest BCUT2D eigenvalue weighted by Gasteiger charge is 2.40. The zero-order valence-electron chi connectivity index (χ0n) is 10.9. The summed E-state index contributed by atoms with van der Waals surface area (Å²) in [4.78, 5) is 11.6. The number of rotatable bonds is 3. The smallest absolute Gasteiger partial charge is 0.345 e. The van der Waals surface area contributed by atoms with E-state index >= 15 is 0 Å². The predicted molar refractivity (Wildman–Crippen MR) is 73.0 cm³/mol. The van der Waals surface area contributed by atoms with Gasteiger partial charge in [0.1, 0.15) is 0 Å². The lowest BCUT2D eigenvalue weighted by Crippen LogP contribution is -2.36. The van der Waals surface area contributed by atoms with Crippen molar-refractivity contribution in [1.82, 2.24) is 0 Å². The van der Waals surface area contributed by atoms with Crippen LogP contribution in [0.25, 0.3) is 0 Å². The molecule has 3 heteroatoms. The molecule has 0 radical (unpaired) electrons. The summed E-state index contributed by atoms with van der Waals surface area (Å²) in [6, 6.07) is 13.6. The minimum absolute atomic E-state index is 0.353. The molecule has 0 heterocycles. The van der Waals surface area contributed by atoms with Gasteiger partial charge in [-0.25, -0.2) is 4.79 Å². The van der Waals surface area contributed by atoms with Gasteiger partial charge in [0, 0.05) is 0 Å². The summed E-state index contributed by atoms with van der Waals surface area (Å²) in [6.45, 7) is 3.84. The Morgan fingerprint density at radius 2 is 1.58 bits per heavy atom. The quantitative estimate of drug-likeness (QED) is 0.887. The van der Waals surface area contributed by atoms with E-state index < -0.39 is 11.6 Å². The first-order chi connectivity index (χ1) is 8.96. The van der Waals surface area contributed by atoms with Gasteiger partial charge < -0.3 is 10.2 Å². The number of carbonyl (C=O) groups is 1. The second kappa shape index (κ2) is 4.86. The number of benzene rings is 2. The molecule has 0 saturated carbocycles. The molecule has 2 rings (SSSR count). The monoisotopic (exact) mass is 256 g/mol. The van der Waals surface area contributed by atoms with Crippen molar-refractivity contribution in [2.75, 3.05) is 0 Å². The number of hydrogen-bond acceptors (Lipinski definition) is 2. The first kappa shape index (κ1) is 13.3. The van der Waals surface area contributed by atoms with E-state index in [9.17, 15) is 15.0 Å². The van der Waals surface area contributed by atoms with E-state index in [1.807, 2.05) is 19.9 Å². The molecular weight excluding hydrogens is 240 g/mol. The van der Waals surface area contributed by atoms with Gasteiger partial charge >= 0.3 is 5.97 Å². The zero-order valence-corrected chi connectivity index (χ0v) is 10.9. The highest BCUT2D eigenvalue weighted by atomic mass is 16.4. The number of carboxylic acid groups (broad SMARTS) is 1. The van der Waals surface area contributed by atoms with E-state index in [2.05, 4.69) is 0 Å². The summed E-state index contributed by atoms with van der Waals surface area (Å²) in [5.41, 5.74) is 0.720. The topological polar surface area (TPSA) is 57.5 Å². The van der Waals surface area contributed by atoms with Gasteiger partial charge in [-0.2, -0.15) is 0 Å². The molecule has 19 heavy (non-hydrogen) atoms. The molecule has 2 aromatic carbocycles. The number of carboxylic acids is 1. The maximum atomic E-state index is 11.6. The molecule has 0 bridgehead atoms. The van der Waals surface area contributed by atoms with Crippen molar-refractivity contribution in [2.24, 2.45) is 0 Å². The van der Waals surface area contributed by atoms with Gasteiger partial charge in [-0.1, -0.05) is 48.5 Å². The maximum Gasteiger partial charge on any atom is 0.345 e. The molecule has 0 saturated heterocycles. The number of aliphatic hydroxyl groups is 1. The number of hydrogen-bond donors (Lipinski definition) is 2. The third kappa shape index (κ3) is 2.25. The molecule has 0 spiro atoms. The van der Waals surface area contributed by atoms with Crippen molar-refractivity contribution in [3.63, 3.8) is 0 Å². The normalized spacial score (nSPS) is 13.8. The third-order valence-electron chi connectivity index (χ3n) is 3.43. The third-order valence-corrected chi connectivity index (χ3v) is 3.43. The second-order valence-electron chi connectivity index (χ2n) is 4.68. The van der Waals surface area contributed by atoms with E-state index in [4.69, 9.17) is 0 Å². The predicted octanol–water partition coefficient (Wildman–Crippen LogP) is 2.62. The fraction of sp³-hybridized carbons (Fsp3) is 0.188. The molecule has 1 atom stereocenters. The fourth-order valence-electron chi connectivity index (χ4n) is 2.06. The summed E-state index contributed by atoms with van der Waals surface area (Å²) in [7, 11) is 0. The molecule has 2 aromatic rings. The molecule has 98 valence electrons. The van der Waals surface area contributed by atoms with E-state index in [0.717, 1.165) is 11.1 Å². The highest BCUT2D eigenvalue weighted by Crippen LogP contribution is 2.31. The van der Waals surface area contributed by atoms with Crippen molar-refractivity contribution in [3.8, 4) is 0 Å². The van der Waals surface area contributed by atoms with Crippen molar-refractivity contribution in [2.45, 2.75) is 19.4 Å². The molecule has 1 unspecified atom stereocenters. The van der Waals surface area contributed by atoms with Crippen LogP contribution >= 0.6 is 0 Å². The number of aryl methyl sites for hydroxylation is 2. The minimum atomic E-state index is -2.01. The molecule has 2 N–H and O–H groups in total. The fourth-order valence-corrected chi connectivity index (χ4v) is 2.06. The van der Waals surface area contributed by atoms with Crippen LogP contribution in [0.5, 0.6) is 0 Å². The maximum absolute atomic E-state index is 11.6. The zero-order chi connectivity index (χ0) is 14.0. The van der Waals surface area contributed by atoms with Crippen LogP contribution in [0.1, 0.15) is 22.3 Å². The van der Waals surface area contributed by atoms with Crippen molar-refractivity contribution >= 4 is 5.97 Å². The molecule has 0 amide bonds. The summed E-state index contributed by atoms with van der Waals surface area (Å²) < 4.78 is 0. The van der Waals surface area contributed by atoms with Gasteiger partial charge in [0.05, 0.1) is 0 Å². The summed E-state index contributed by atoms with van der Waals surface area (Å²) in [6.07, 6.45) is 0. The number of aliphatic carboxylic acids is 1. The van der Waals surface area contributed by atoms with Crippen molar-refractivity contribution in [3.05, 3.63) is 70.8 Å². The molecule has 0 aliphatic heterocycles. The highest BCUT2D eigenvalue weighted by molar-refractivity contribution is 5.83. The lowest BCUT2D eigenvalue weighted by molar-refractivity contribution is -0.155. The Labute approximate surface area is 112 Å². The Morgan fingerprint density at radius 1 is 0.947 bits per heavy atom. The molecule has 0 aliphatic carbocycles. The van der Waals surface area contributed by atoms with Crippen LogP contribution < -0.4 is 0 Å².